The van der Waals surface area contributed by atoms with Crippen LogP contribution in [-0.4, -0.2) is 26.2 Å². The molecule has 0 saturated heterocycles. The Bertz CT molecular complexity index is 997. The van der Waals surface area contributed by atoms with Gasteiger partial charge in [0.15, 0.2) is 0 Å². The van der Waals surface area contributed by atoms with E-state index in [0.717, 1.165) is 22.3 Å². The molecule has 2 aromatic carbocycles. The molecule has 0 atom stereocenters. The predicted octanol–water partition coefficient (Wildman–Crippen LogP) is 5.86. The molecule has 0 unspecified atom stereocenters. The van der Waals surface area contributed by atoms with Crippen LogP contribution in [0.5, 0.6) is 0 Å². The summed E-state index contributed by atoms with van der Waals surface area (Å²) >= 11 is 0. The van der Waals surface area contributed by atoms with E-state index in [0.29, 0.717) is 11.1 Å². The lowest BCUT2D eigenvalue weighted by Gasteiger charge is -2.35. The van der Waals surface area contributed by atoms with Gasteiger partial charge < -0.3 is 9.47 Å². The number of methoxy groups -OCH3 is 2. The number of ether oxygens (including phenoxy) is 2. The van der Waals surface area contributed by atoms with Gasteiger partial charge in [0, 0.05) is 0 Å². The molecule has 0 fully saturated rings. The van der Waals surface area contributed by atoms with Gasteiger partial charge in [-0.25, -0.2) is 9.59 Å². The van der Waals surface area contributed by atoms with Gasteiger partial charge in [-0.05, 0) is 85.4 Å². The average Bonchev–Trinajstić information content (AvgIpc) is 2.72. The Morgan fingerprint density at radius 1 is 0.567 bits per heavy atom. The van der Waals surface area contributed by atoms with Gasteiger partial charge in [-0.15, -0.1) is 0 Å². The van der Waals surface area contributed by atoms with Crippen molar-refractivity contribution >= 4 is 23.1 Å². The highest BCUT2D eigenvalue weighted by Crippen LogP contribution is 2.53. The van der Waals surface area contributed by atoms with E-state index >= 15 is 0 Å². The summed E-state index contributed by atoms with van der Waals surface area (Å²) in [5.74, 6) is -0.703. The maximum absolute atomic E-state index is 11.8. The van der Waals surface area contributed by atoms with E-state index < -0.39 is 0 Å². The molecule has 2 aromatic rings. The van der Waals surface area contributed by atoms with Crippen molar-refractivity contribution in [2.24, 2.45) is 0 Å². The van der Waals surface area contributed by atoms with Crippen LogP contribution in [0.1, 0.15) is 59.5 Å². The van der Waals surface area contributed by atoms with Crippen molar-refractivity contribution in [1.82, 2.24) is 0 Å². The molecule has 0 N–H and O–H groups in total. The van der Waals surface area contributed by atoms with E-state index in [1.807, 2.05) is 24.3 Å². The largest absolute Gasteiger partial charge is 0.465 e. The smallest absolute Gasteiger partial charge is 0.337 e. The van der Waals surface area contributed by atoms with E-state index in [1.54, 1.807) is 24.3 Å². The van der Waals surface area contributed by atoms with Crippen LogP contribution < -0.4 is 0 Å². The molecule has 4 heteroatoms. The van der Waals surface area contributed by atoms with Gasteiger partial charge in [0.1, 0.15) is 0 Å². The first-order valence-electron chi connectivity index (χ1n) is 9.78. The molecule has 0 saturated carbocycles. The maximum atomic E-state index is 11.8. The standard InChI is InChI=1S/C26H26O4/c1-15(2)21-22(16(3)4)24(18-9-13-20(14-10-18)26(28)30-6)23(21)17-7-11-19(12-8-17)25(27)29-5/h7-14H,1-6H3. The van der Waals surface area contributed by atoms with Gasteiger partial charge in [-0.1, -0.05) is 35.4 Å². The summed E-state index contributed by atoms with van der Waals surface area (Å²) in [6.07, 6.45) is 0. The molecule has 4 nitrogen and oxygen atoms in total. The topological polar surface area (TPSA) is 52.6 Å². The van der Waals surface area contributed by atoms with E-state index in [2.05, 4.69) is 27.7 Å². The second-order valence-corrected chi connectivity index (χ2v) is 7.64. The molecule has 0 amide bonds. The molecule has 0 radical (unpaired) electrons. The highest BCUT2D eigenvalue weighted by molar-refractivity contribution is 6.19. The Kier molecular flexibility index (Phi) is 6.06. The van der Waals surface area contributed by atoms with Gasteiger partial charge in [0.05, 0.1) is 25.3 Å². The van der Waals surface area contributed by atoms with Crippen LogP contribution in [0.4, 0.5) is 0 Å². The molecule has 30 heavy (non-hydrogen) atoms. The quantitative estimate of drug-likeness (QED) is 0.601. The Hall–Kier alpha value is -3.40. The number of hydrogen-bond acceptors (Lipinski definition) is 4. The molecule has 0 bridgehead atoms. The highest BCUT2D eigenvalue weighted by Gasteiger charge is 2.33. The van der Waals surface area contributed by atoms with Crippen molar-refractivity contribution in [2.45, 2.75) is 27.7 Å². The molecule has 0 spiro atoms. The van der Waals surface area contributed by atoms with Crippen molar-refractivity contribution in [3.8, 4) is 0 Å². The number of esters is 2. The van der Waals surface area contributed by atoms with Crippen LogP contribution in [-0.2, 0) is 9.47 Å². The highest BCUT2D eigenvalue weighted by atomic mass is 16.5. The van der Waals surface area contributed by atoms with Crippen LogP contribution in [0.25, 0.3) is 11.1 Å². The molecule has 154 valence electrons. The maximum Gasteiger partial charge on any atom is 0.337 e. The Labute approximate surface area is 177 Å². The summed E-state index contributed by atoms with van der Waals surface area (Å²) in [7, 11) is 2.76. The predicted molar refractivity (Wildman–Crippen MR) is 119 cm³/mol. The zero-order chi connectivity index (χ0) is 22.0. The third-order valence-electron chi connectivity index (χ3n) is 5.19. The lowest BCUT2D eigenvalue weighted by molar-refractivity contribution is 0.0592. The van der Waals surface area contributed by atoms with Crippen LogP contribution in [0.3, 0.4) is 0 Å². The zero-order valence-corrected chi connectivity index (χ0v) is 18.3. The summed E-state index contributed by atoms with van der Waals surface area (Å²) in [6.45, 7) is 8.44. The number of benzene rings is 2. The zero-order valence-electron chi connectivity index (χ0n) is 18.3. The second-order valence-electron chi connectivity index (χ2n) is 7.64. The lowest BCUT2D eigenvalue weighted by atomic mass is 9.68. The summed E-state index contributed by atoms with van der Waals surface area (Å²) in [4.78, 5) is 23.6. The number of rotatable bonds is 4. The first-order chi connectivity index (χ1) is 14.3. The average molecular weight is 402 g/mol. The Morgan fingerprint density at radius 2 is 0.867 bits per heavy atom. The second kappa shape index (κ2) is 8.54. The van der Waals surface area contributed by atoms with E-state index in [4.69, 9.17) is 9.47 Å². The summed E-state index contributed by atoms with van der Waals surface area (Å²) in [6, 6.07) is 15.0. The van der Waals surface area contributed by atoms with Gasteiger partial charge in [0.2, 0.25) is 0 Å². The summed E-state index contributed by atoms with van der Waals surface area (Å²) in [5, 5.41) is 0. The monoisotopic (exact) mass is 402 g/mol. The first-order valence-corrected chi connectivity index (χ1v) is 9.78. The van der Waals surface area contributed by atoms with Gasteiger partial charge >= 0.3 is 11.9 Å². The molecule has 1 aliphatic rings. The Balaban J connectivity index is 2.19. The van der Waals surface area contributed by atoms with Crippen molar-refractivity contribution in [2.75, 3.05) is 14.2 Å². The Morgan fingerprint density at radius 3 is 1.10 bits per heavy atom. The molecular weight excluding hydrogens is 376 g/mol. The van der Waals surface area contributed by atoms with Crippen LogP contribution in [0, 0.1) is 0 Å². The number of hydrogen-bond donors (Lipinski definition) is 0. The number of allylic oxidation sites excluding steroid dienone is 6. The fraction of sp³-hybridized carbons (Fsp3) is 0.231. The van der Waals surface area contributed by atoms with Crippen LogP contribution >= 0.6 is 0 Å². The minimum absolute atomic E-state index is 0.352. The van der Waals surface area contributed by atoms with Crippen molar-refractivity contribution in [3.63, 3.8) is 0 Å². The molecule has 0 heterocycles. The summed E-state index contributed by atoms with van der Waals surface area (Å²) in [5.41, 5.74) is 10.3. The van der Waals surface area contributed by atoms with E-state index in [9.17, 15) is 9.59 Å². The van der Waals surface area contributed by atoms with Gasteiger partial charge in [0.25, 0.3) is 0 Å². The normalized spacial score (nSPS) is 13.0. The fourth-order valence-corrected chi connectivity index (χ4v) is 3.80. The molecule has 0 aromatic heterocycles. The van der Waals surface area contributed by atoms with Crippen molar-refractivity contribution in [1.29, 1.82) is 0 Å². The van der Waals surface area contributed by atoms with Gasteiger partial charge in [-0.2, -0.15) is 0 Å². The van der Waals surface area contributed by atoms with Gasteiger partial charge in [-0.3, -0.25) is 0 Å². The minimum Gasteiger partial charge on any atom is -0.465 e. The van der Waals surface area contributed by atoms with Crippen LogP contribution in [0.15, 0.2) is 70.8 Å². The van der Waals surface area contributed by atoms with E-state index in [-0.39, 0.29) is 11.9 Å². The minimum atomic E-state index is -0.352. The lowest BCUT2D eigenvalue weighted by Crippen LogP contribution is -2.14. The molecule has 0 aliphatic heterocycles. The number of carbonyl (C=O) groups is 2. The molecular formula is C26H26O4. The molecule has 3 rings (SSSR count). The summed E-state index contributed by atoms with van der Waals surface area (Å²) < 4.78 is 9.62. The van der Waals surface area contributed by atoms with Crippen molar-refractivity contribution < 1.29 is 19.1 Å². The third kappa shape index (κ3) is 3.73. The van der Waals surface area contributed by atoms with Crippen LogP contribution in [0.2, 0.25) is 0 Å². The molecule has 1 aliphatic carbocycles. The third-order valence-corrected chi connectivity index (χ3v) is 5.19. The van der Waals surface area contributed by atoms with E-state index in [1.165, 1.54) is 36.5 Å². The van der Waals surface area contributed by atoms with Crippen molar-refractivity contribution in [3.05, 3.63) is 93.1 Å². The first kappa shape index (κ1) is 21.3. The fourth-order valence-electron chi connectivity index (χ4n) is 3.80. The SMILES string of the molecule is COC(=O)c1ccc(C2=C(c3ccc(C(=O)OC)cc3)C(=C(C)C)C2=C(C)C)cc1. The number of carbonyl (C=O) groups excluding carboxylic acids is 2.